The molecule has 0 saturated carbocycles. The molecule has 2 atom stereocenters. The van der Waals surface area contributed by atoms with Gasteiger partial charge in [-0.2, -0.15) is 0 Å². The number of halogens is 3. The van der Waals surface area contributed by atoms with Crippen LogP contribution in [-0.2, 0) is 0 Å². The molecule has 6 heteroatoms. The van der Waals surface area contributed by atoms with E-state index in [9.17, 15) is 8.78 Å². The highest BCUT2D eigenvalue weighted by Crippen LogP contribution is 2.33. The van der Waals surface area contributed by atoms with Crippen LogP contribution in [0.1, 0.15) is 36.0 Å². The molecule has 2 nitrogen and oxygen atoms in total. The predicted molar refractivity (Wildman–Crippen MR) is 82.0 cm³/mol. The molecule has 0 radical (unpaired) electrons. The van der Waals surface area contributed by atoms with Gasteiger partial charge in [0, 0.05) is 17.0 Å². The molecule has 0 saturated heterocycles. The van der Waals surface area contributed by atoms with Crippen molar-refractivity contribution in [3.63, 3.8) is 0 Å². The van der Waals surface area contributed by atoms with Crippen molar-refractivity contribution < 1.29 is 8.78 Å². The van der Waals surface area contributed by atoms with Gasteiger partial charge in [-0.25, -0.2) is 13.8 Å². The first-order chi connectivity index (χ1) is 9.99. The Balaban J connectivity index is 2.30. The first-order valence-electron chi connectivity index (χ1n) is 6.53. The third-order valence-electron chi connectivity index (χ3n) is 3.44. The number of imidazole rings is 1. The number of hydrogen-bond acceptors (Lipinski definition) is 2. The zero-order chi connectivity index (χ0) is 15.1. The van der Waals surface area contributed by atoms with Crippen molar-refractivity contribution in [1.29, 1.82) is 0 Å². The van der Waals surface area contributed by atoms with Crippen molar-refractivity contribution in [1.82, 2.24) is 9.55 Å². The number of fused-ring (bicyclic) bond motifs is 1. The summed E-state index contributed by atoms with van der Waals surface area (Å²) in [6, 6.07) is 5.99. The third-order valence-corrected chi connectivity index (χ3v) is 4.68. The maximum absolute atomic E-state index is 14.0. The van der Waals surface area contributed by atoms with Crippen LogP contribution in [0.2, 0.25) is 0 Å². The largest absolute Gasteiger partial charge is 0.318 e. The number of thiophene rings is 1. The lowest BCUT2D eigenvalue weighted by Crippen LogP contribution is -2.10. The van der Waals surface area contributed by atoms with E-state index in [2.05, 4.69) is 4.98 Å². The average molecular weight is 327 g/mol. The van der Waals surface area contributed by atoms with Crippen LogP contribution in [0.3, 0.4) is 0 Å². The van der Waals surface area contributed by atoms with Crippen LogP contribution in [0.15, 0.2) is 29.6 Å². The Bertz CT molecular complexity index is 781. The van der Waals surface area contributed by atoms with E-state index >= 15 is 0 Å². The van der Waals surface area contributed by atoms with Crippen molar-refractivity contribution in [3.8, 4) is 0 Å². The molecule has 0 spiro atoms. The Morgan fingerprint density at radius 2 is 2.05 bits per heavy atom. The molecule has 0 amide bonds. The molecular weight excluding hydrogens is 314 g/mol. The van der Waals surface area contributed by atoms with Gasteiger partial charge >= 0.3 is 0 Å². The summed E-state index contributed by atoms with van der Waals surface area (Å²) in [6.07, 6.45) is 0. The van der Waals surface area contributed by atoms with Gasteiger partial charge in [0.15, 0.2) is 5.82 Å². The SMILES string of the molecule is CC(Cl)c1nc2c(F)cc(F)cc2n1C(C)c1cccs1. The number of rotatable bonds is 3. The molecule has 2 unspecified atom stereocenters. The van der Waals surface area contributed by atoms with E-state index in [0.29, 0.717) is 11.3 Å². The first kappa shape index (κ1) is 14.5. The fourth-order valence-corrected chi connectivity index (χ4v) is 3.41. The van der Waals surface area contributed by atoms with Gasteiger partial charge in [0.25, 0.3) is 0 Å². The highest BCUT2D eigenvalue weighted by atomic mass is 35.5. The monoisotopic (exact) mass is 326 g/mol. The Morgan fingerprint density at radius 3 is 2.67 bits per heavy atom. The lowest BCUT2D eigenvalue weighted by Gasteiger charge is -2.17. The molecule has 21 heavy (non-hydrogen) atoms. The number of benzene rings is 1. The summed E-state index contributed by atoms with van der Waals surface area (Å²) in [5.41, 5.74) is 0.582. The van der Waals surface area contributed by atoms with Gasteiger partial charge in [-0.1, -0.05) is 6.07 Å². The molecule has 2 aromatic heterocycles. The van der Waals surface area contributed by atoms with Gasteiger partial charge in [0.05, 0.1) is 16.9 Å². The molecule has 0 aliphatic heterocycles. The Kier molecular flexibility index (Phi) is 3.71. The normalized spacial score (nSPS) is 14.5. The molecule has 110 valence electrons. The van der Waals surface area contributed by atoms with E-state index in [-0.39, 0.29) is 11.6 Å². The molecule has 3 aromatic rings. The van der Waals surface area contributed by atoms with Gasteiger partial charge < -0.3 is 4.57 Å². The van der Waals surface area contributed by atoms with Gasteiger partial charge in [-0.05, 0) is 25.3 Å². The van der Waals surface area contributed by atoms with Crippen molar-refractivity contribution in [3.05, 3.63) is 52.0 Å². The van der Waals surface area contributed by atoms with Crippen molar-refractivity contribution >= 4 is 34.0 Å². The Labute approximate surface area is 130 Å². The van der Waals surface area contributed by atoms with E-state index in [1.54, 1.807) is 18.3 Å². The smallest absolute Gasteiger partial charge is 0.153 e. The second kappa shape index (κ2) is 5.39. The highest BCUT2D eigenvalue weighted by molar-refractivity contribution is 7.10. The van der Waals surface area contributed by atoms with Crippen molar-refractivity contribution in [2.24, 2.45) is 0 Å². The Morgan fingerprint density at radius 1 is 1.29 bits per heavy atom. The minimum Gasteiger partial charge on any atom is -0.318 e. The summed E-state index contributed by atoms with van der Waals surface area (Å²) in [4.78, 5) is 5.36. The Hall–Kier alpha value is -1.46. The standard InChI is InChI=1S/C15H13ClF2N2S/c1-8(16)15-19-14-11(18)6-10(17)7-12(14)20(15)9(2)13-4-3-5-21-13/h3-9H,1-2H3. The van der Waals surface area contributed by atoms with Gasteiger partial charge in [-0.15, -0.1) is 22.9 Å². The predicted octanol–water partition coefficient (Wildman–Crippen LogP) is 5.29. The van der Waals surface area contributed by atoms with E-state index in [1.165, 1.54) is 6.07 Å². The van der Waals surface area contributed by atoms with E-state index in [4.69, 9.17) is 11.6 Å². The van der Waals surface area contributed by atoms with Gasteiger partial charge in [0.1, 0.15) is 17.2 Å². The summed E-state index contributed by atoms with van der Waals surface area (Å²) in [6.45, 7) is 3.74. The molecule has 0 bridgehead atoms. The van der Waals surface area contributed by atoms with Crippen LogP contribution in [0.5, 0.6) is 0 Å². The summed E-state index contributed by atoms with van der Waals surface area (Å²) < 4.78 is 29.3. The van der Waals surface area contributed by atoms with Crippen molar-refractivity contribution in [2.45, 2.75) is 25.3 Å². The van der Waals surface area contributed by atoms with Crippen LogP contribution in [0.25, 0.3) is 11.0 Å². The highest BCUT2D eigenvalue weighted by Gasteiger charge is 2.23. The first-order valence-corrected chi connectivity index (χ1v) is 7.85. The van der Waals surface area contributed by atoms with Crippen LogP contribution in [0, 0.1) is 11.6 Å². The summed E-state index contributed by atoms with van der Waals surface area (Å²) >= 11 is 7.77. The molecule has 0 aliphatic carbocycles. The summed E-state index contributed by atoms with van der Waals surface area (Å²) in [5.74, 6) is -0.744. The lowest BCUT2D eigenvalue weighted by molar-refractivity contribution is 0.588. The molecule has 1 aromatic carbocycles. The van der Waals surface area contributed by atoms with Crippen LogP contribution in [0.4, 0.5) is 8.78 Å². The topological polar surface area (TPSA) is 17.8 Å². The molecule has 0 N–H and O–H groups in total. The fraction of sp³-hybridized carbons (Fsp3) is 0.267. The van der Waals surface area contributed by atoms with Gasteiger partial charge in [-0.3, -0.25) is 0 Å². The van der Waals surface area contributed by atoms with E-state index in [0.717, 1.165) is 10.9 Å². The summed E-state index contributed by atoms with van der Waals surface area (Å²) in [7, 11) is 0. The summed E-state index contributed by atoms with van der Waals surface area (Å²) in [5, 5.41) is 1.57. The zero-order valence-corrected chi connectivity index (χ0v) is 13.1. The maximum Gasteiger partial charge on any atom is 0.153 e. The second-order valence-electron chi connectivity index (χ2n) is 4.90. The molecule has 2 heterocycles. The molecule has 3 rings (SSSR count). The molecular formula is C15H13ClF2N2S. The number of hydrogen-bond donors (Lipinski definition) is 0. The van der Waals surface area contributed by atoms with E-state index in [1.807, 2.05) is 29.0 Å². The van der Waals surface area contributed by atoms with Gasteiger partial charge in [0.2, 0.25) is 0 Å². The van der Waals surface area contributed by atoms with Crippen LogP contribution in [-0.4, -0.2) is 9.55 Å². The number of aromatic nitrogens is 2. The number of nitrogens with zero attached hydrogens (tertiary/aromatic N) is 2. The molecule has 0 aliphatic rings. The zero-order valence-electron chi connectivity index (χ0n) is 11.5. The third kappa shape index (κ3) is 2.45. The average Bonchev–Trinajstić information content (AvgIpc) is 3.04. The lowest BCUT2D eigenvalue weighted by atomic mass is 10.2. The van der Waals surface area contributed by atoms with Crippen molar-refractivity contribution in [2.75, 3.05) is 0 Å². The molecule has 0 fully saturated rings. The van der Waals surface area contributed by atoms with Crippen LogP contribution >= 0.6 is 22.9 Å². The quantitative estimate of drug-likeness (QED) is 0.598. The minimum atomic E-state index is -0.666. The minimum absolute atomic E-state index is 0.0904. The maximum atomic E-state index is 14.0. The van der Waals surface area contributed by atoms with Crippen LogP contribution < -0.4 is 0 Å². The number of alkyl halides is 1. The van der Waals surface area contributed by atoms with E-state index < -0.39 is 17.0 Å². The second-order valence-corrected chi connectivity index (χ2v) is 6.54. The fourth-order valence-electron chi connectivity index (χ4n) is 2.48.